The molecule has 2 aliphatic carbocycles. The molecular weight excluding hydrogens is 238 g/mol. The van der Waals surface area contributed by atoms with Crippen molar-refractivity contribution < 1.29 is 9.47 Å². The van der Waals surface area contributed by atoms with Crippen molar-refractivity contribution in [3.05, 3.63) is 24.3 Å². The van der Waals surface area contributed by atoms with Crippen LogP contribution in [-0.2, 0) is 0 Å². The predicted molar refractivity (Wildman–Crippen MR) is 75.8 cm³/mol. The highest BCUT2D eigenvalue weighted by Crippen LogP contribution is 2.41. The molecule has 1 aromatic carbocycles. The summed E-state index contributed by atoms with van der Waals surface area (Å²) in [5, 5.41) is 3.58. The van der Waals surface area contributed by atoms with Gasteiger partial charge in [-0.1, -0.05) is 12.1 Å². The smallest absolute Gasteiger partial charge is 0.161 e. The number of ether oxygens (including phenoxy) is 2. The monoisotopic (exact) mass is 261 g/mol. The SMILES string of the molecule is COc1ccccc1OC1(CCNC2CC2)CCC1. The molecule has 3 rings (SSSR count). The maximum absolute atomic E-state index is 6.30. The summed E-state index contributed by atoms with van der Waals surface area (Å²) < 4.78 is 11.7. The second-order valence-corrected chi connectivity index (χ2v) is 5.77. The maximum Gasteiger partial charge on any atom is 0.161 e. The molecule has 2 fully saturated rings. The molecule has 0 aromatic heterocycles. The fourth-order valence-corrected chi connectivity index (χ4v) is 2.70. The first-order valence-corrected chi connectivity index (χ1v) is 7.37. The van der Waals surface area contributed by atoms with Crippen LogP contribution in [0.25, 0.3) is 0 Å². The number of benzene rings is 1. The van der Waals surface area contributed by atoms with Crippen molar-refractivity contribution in [2.24, 2.45) is 0 Å². The van der Waals surface area contributed by atoms with Crippen LogP contribution in [0.4, 0.5) is 0 Å². The van der Waals surface area contributed by atoms with Gasteiger partial charge >= 0.3 is 0 Å². The summed E-state index contributed by atoms with van der Waals surface area (Å²) >= 11 is 0. The molecule has 104 valence electrons. The summed E-state index contributed by atoms with van der Waals surface area (Å²) in [5.74, 6) is 1.72. The predicted octanol–water partition coefficient (Wildman–Crippen LogP) is 3.14. The topological polar surface area (TPSA) is 30.5 Å². The lowest BCUT2D eigenvalue weighted by atomic mass is 9.77. The third kappa shape index (κ3) is 3.03. The molecule has 0 unspecified atom stereocenters. The molecular formula is C16H23NO2. The van der Waals surface area contributed by atoms with Crippen molar-refractivity contribution in [1.29, 1.82) is 0 Å². The van der Waals surface area contributed by atoms with Crippen LogP contribution < -0.4 is 14.8 Å². The zero-order valence-electron chi connectivity index (χ0n) is 11.7. The molecule has 3 heteroatoms. The van der Waals surface area contributed by atoms with E-state index >= 15 is 0 Å². The minimum atomic E-state index is 0.0382. The van der Waals surface area contributed by atoms with Gasteiger partial charge in [0.2, 0.25) is 0 Å². The van der Waals surface area contributed by atoms with E-state index in [9.17, 15) is 0 Å². The average molecular weight is 261 g/mol. The first kappa shape index (κ1) is 12.8. The molecule has 2 saturated carbocycles. The van der Waals surface area contributed by atoms with Crippen LogP contribution in [0, 0.1) is 0 Å². The molecule has 0 atom stereocenters. The third-order valence-electron chi connectivity index (χ3n) is 4.25. The lowest BCUT2D eigenvalue weighted by Gasteiger charge is -2.42. The molecule has 3 nitrogen and oxygen atoms in total. The van der Waals surface area contributed by atoms with Crippen LogP contribution in [0.15, 0.2) is 24.3 Å². The Morgan fingerprint density at radius 2 is 1.95 bits per heavy atom. The van der Waals surface area contributed by atoms with Crippen molar-refractivity contribution >= 4 is 0 Å². The second kappa shape index (κ2) is 5.41. The van der Waals surface area contributed by atoms with E-state index < -0.39 is 0 Å². The summed E-state index contributed by atoms with van der Waals surface area (Å²) in [6, 6.07) is 8.74. The van der Waals surface area contributed by atoms with E-state index in [1.807, 2.05) is 24.3 Å². The van der Waals surface area contributed by atoms with Crippen LogP contribution in [-0.4, -0.2) is 25.3 Å². The molecule has 0 saturated heterocycles. The van der Waals surface area contributed by atoms with Crippen molar-refractivity contribution in [2.45, 2.75) is 50.2 Å². The van der Waals surface area contributed by atoms with Crippen molar-refractivity contribution in [3.8, 4) is 11.5 Å². The molecule has 19 heavy (non-hydrogen) atoms. The average Bonchev–Trinajstić information content (AvgIpc) is 3.20. The van der Waals surface area contributed by atoms with E-state index in [1.54, 1.807) is 7.11 Å². The molecule has 0 spiro atoms. The number of hydrogen-bond donors (Lipinski definition) is 1. The molecule has 1 aromatic rings. The Morgan fingerprint density at radius 1 is 1.21 bits per heavy atom. The second-order valence-electron chi connectivity index (χ2n) is 5.77. The Balaban J connectivity index is 1.61. The molecule has 0 heterocycles. The van der Waals surface area contributed by atoms with Gasteiger partial charge in [-0.05, 0) is 57.2 Å². The Hall–Kier alpha value is -1.22. The van der Waals surface area contributed by atoms with Gasteiger partial charge in [0.25, 0.3) is 0 Å². The highest BCUT2D eigenvalue weighted by Gasteiger charge is 2.39. The van der Waals surface area contributed by atoms with Gasteiger partial charge in [0.1, 0.15) is 5.60 Å². The number of rotatable bonds is 7. The number of hydrogen-bond acceptors (Lipinski definition) is 3. The lowest BCUT2D eigenvalue weighted by Crippen LogP contribution is -2.45. The quantitative estimate of drug-likeness (QED) is 0.818. The number of para-hydroxylation sites is 2. The minimum Gasteiger partial charge on any atom is -0.493 e. The van der Waals surface area contributed by atoms with E-state index in [1.165, 1.54) is 19.3 Å². The Labute approximate surface area is 115 Å². The number of nitrogens with one attached hydrogen (secondary N) is 1. The number of methoxy groups -OCH3 is 1. The van der Waals surface area contributed by atoms with Crippen LogP contribution in [0.1, 0.15) is 38.5 Å². The largest absolute Gasteiger partial charge is 0.493 e. The van der Waals surface area contributed by atoms with E-state index in [-0.39, 0.29) is 5.60 Å². The molecule has 0 aliphatic heterocycles. The highest BCUT2D eigenvalue weighted by atomic mass is 16.5. The van der Waals surface area contributed by atoms with Gasteiger partial charge in [0.05, 0.1) is 7.11 Å². The molecule has 1 N–H and O–H groups in total. The van der Waals surface area contributed by atoms with E-state index in [0.717, 1.165) is 43.3 Å². The highest BCUT2D eigenvalue weighted by molar-refractivity contribution is 5.40. The van der Waals surface area contributed by atoms with Crippen molar-refractivity contribution in [2.75, 3.05) is 13.7 Å². The van der Waals surface area contributed by atoms with E-state index in [4.69, 9.17) is 9.47 Å². The van der Waals surface area contributed by atoms with Crippen molar-refractivity contribution in [3.63, 3.8) is 0 Å². The Kier molecular flexibility index (Phi) is 3.65. The standard InChI is InChI=1S/C16H23NO2/c1-18-14-5-2-3-6-15(14)19-16(9-4-10-16)11-12-17-13-7-8-13/h2-3,5-6,13,17H,4,7-12H2,1H3. The normalized spacial score (nSPS) is 20.7. The van der Waals surface area contributed by atoms with Crippen LogP contribution in [0.2, 0.25) is 0 Å². The Bertz CT molecular complexity index is 425. The van der Waals surface area contributed by atoms with Gasteiger partial charge in [0.15, 0.2) is 11.5 Å². The first-order chi connectivity index (χ1) is 9.31. The fraction of sp³-hybridized carbons (Fsp3) is 0.625. The minimum absolute atomic E-state index is 0.0382. The summed E-state index contributed by atoms with van der Waals surface area (Å²) in [7, 11) is 1.70. The molecule has 0 radical (unpaired) electrons. The first-order valence-electron chi connectivity index (χ1n) is 7.37. The van der Waals surface area contributed by atoms with E-state index in [0.29, 0.717) is 0 Å². The van der Waals surface area contributed by atoms with Gasteiger partial charge in [-0.2, -0.15) is 0 Å². The van der Waals surface area contributed by atoms with Gasteiger partial charge in [-0.15, -0.1) is 0 Å². The molecule has 0 bridgehead atoms. The van der Waals surface area contributed by atoms with E-state index in [2.05, 4.69) is 5.32 Å². The van der Waals surface area contributed by atoms with Crippen LogP contribution in [0.5, 0.6) is 11.5 Å². The van der Waals surface area contributed by atoms with Crippen molar-refractivity contribution in [1.82, 2.24) is 5.32 Å². The van der Waals surface area contributed by atoms with Crippen LogP contribution >= 0.6 is 0 Å². The van der Waals surface area contributed by atoms with Gasteiger partial charge in [0, 0.05) is 6.04 Å². The lowest BCUT2D eigenvalue weighted by molar-refractivity contribution is -0.0160. The fourth-order valence-electron chi connectivity index (χ4n) is 2.70. The van der Waals surface area contributed by atoms with Gasteiger partial charge in [-0.25, -0.2) is 0 Å². The van der Waals surface area contributed by atoms with Gasteiger partial charge < -0.3 is 14.8 Å². The Morgan fingerprint density at radius 3 is 2.53 bits per heavy atom. The molecule has 0 amide bonds. The maximum atomic E-state index is 6.30. The van der Waals surface area contributed by atoms with Gasteiger partial charge in [-0.3, -0.25) is 0 Å². The van der Waals surface area contributed by atoms with Crippen LogP contribution in [0.3, 0.4) is 0 Å². The summed E-state index contributed by atoms with van der Waals surface area (Å²) in [6.45, 7) is 1.07. The summed E-state index contributed by atoms with van der Waals surface area (Å²) in [4.78, 5) is 0. The zero-order valence-corrected chi connectivity index (χ0v) is 11.7. The third-order valence-corrected chi connectivity index (χ3v) is 4.25. The zero-order chi connectivity index (χ0) is 13.1. The summed E-state index contributed by atoms with van der Waals surface area (Å²) in [6.07, 6.45) is 7.40. The summed E-state index contributed by atoms with van der Waals surface area (Å²) in [5.41, 5.74) is 0.0382. The molecule has 2 aliphatic rings.